The summed E-state index contributed by atoms with van der Waals surface area (Å²) in [4.78, 5) is 16.7. The number of furan rings is 1. The largest absolute Gasteiger partial charge is 0.472 e. The predicted octanol–water partition coefficient (Wildman–Crippen LogP) is 3.03. The normalized spacial score (nSPS) is 15.9. The number of hydrogen-bond donors (Lipinski definition) is 0. The molecule has 25 heavy (non-hydrogen) atoms. The lowest BCUT2D eigenvalue weighted by Gasteiger charge is -2.21. The van der Waals surface area contributed by atoms with Gasteiger partial charge in [-0.25, -0.2) is 0 Å². The molecule has 0 N–H and O–H groups in total. The molecule has 5 nitrogen and oxygen atoms in total. The zero-order chi connectivity index (χ0) is 17.3. The fraction of sp³-hybridized carbons (Fsp3) is 0.450. The minimum absolute atomic E-state index is 0.0711. The van der Waals surface area contributed by atoms with E-state index in [4.69, 9.17) is 9.15 Å². The van der Waals surface area contributed by atoms with E-state index in [0.717, 1.165) is 52.2 Å². The summed E-state index contributed by atoms with van der Waals surface area (Å²) < 4.78 is 10.8. The highest BCUT2D eigenvalue weighted by atomic mass is 16.5. The Balaban J connectivity index is 1.34. The number of benzene rings is 1. The van der Waals surface area contributed by atoms with Crippen molar-refractivity contribution in [2.45, 2.75) is 19.4 Å². The zero-order valence-electron chi connectivity index (χ0n) is 14.6. The Kier molecular flexibility index (Phi) is 6.65. The molecule has 2 heterocycles. The maximum atomic E-state index is 12.4. The van der Waals surface area contributed by atoms with E-state index >= 15 is 0 Å². The van der Waals surface area contributed by atoms with Gasteiger partial charge in [-0.15, -0.1) is 0 Å². The molecule has 0 atom stereocenters. The van der Waals surface area contributed by atoms with Crippen molar-refractivity contribution >= 4 is 5.91 Å². The summed E-state index contributed by atoms with van der Waals surface area (Å²) >= 11 is 0. The van der Waals surface area contributed by atoms with Crippen molar-refractivity contribution < 1.29 is 13.9 Å². The molecule has 0 spiro atoms. The fourth-order valence-corrected chi connectivity index (χ4v) is 3.12. The van der Waals surface area contributed by atoms with Crippen molar-refractivity contribution in [3.63, 3.8) is 0 Å². The molecule has 1 aliphatic heterocycles. The minimum atomic E-state index is 0.0711. The lowest BCUT2D eigenvalue weighted by Crippen LogP contribution is -2.35. The predicted molar refractivity (Wildman–Crippen MR) is 96.4 cm³/mol. The average Bonchev–Trinajstić information content (AvgIpc) is 3.08. The van der Waals surface area contributed by atoms with Crippen molar-refractivity contribution in [3.8, 4) is 0 Å². The second-order valence-electron chi connectivity index (χ2n) is 6.39. The first kappa shape index (κ1) is 17.7. The van der Waals surface area contributed by atoms with E-state index in [-0.39, 0.29) is 5.91 Å². The monoisotopic (exact) mass is 342 g/mol. The Hall–Kier alpha value is -2.11. The van der Waals surface area contributed by atoms with Gasteiger partial charge in [0.1, 0.15) is 6.26 Å². The second kappa shape index (κ2) is 9.39. The molecule has 1 aromatic heterocycles. The van der Waals surface area contributed by atoms with Crippen molar-refractivity contribution in [2.75, 3.05) is 39.3 Å². The SMILES string of the molecule is O=C(c1ccoc1)N1CCCN(CCCOCc2ccccc2)CC1. The van der Waals surface area contributed by atoms with E-state index in [1.165, 1.54) is 11.8 Å². The van der Waals surface area contributed by atoms with Crippen LogP contribution in [-0.2, 0) is 11.3 Å². The average molecular weight is 342 g/mol. The highest BCUT2D eigenvalue weighted by Gasteiger charge is 2.20. The van der Waals surface area contributed by atoms with E-state index in [1.807, 2.05) is 23.1 Å². The van der Waals surface area contributed by atoms with Crippen LogP contribution >= 0.6 is 0 Å². The topological polar surface area (TPSA) is 45.9 Å². The highest BCUT2D eigenvalue weighted by Crippen LogP contribution is 2.10. The molecule has 134 valence electrons. The van der Waals surface area contributed by atoms with Gasteiger partial charge < -0.3 is 19.0 Å². The van der Waals surface area contributed by atoms with Crippen LogP contribution in [0, 0.1) is 0 Å². The van der Waals surface area contributed by atoms with Crippen LogP contribution in [0.1, 0.15) is 28.8 Å². The van der Waals surface area contributed by atoms with Gasteiger partial charge in [-0.3, -0.25) is 4.79 Å². The van der Waals surface area contributed by atoms with Crippen LogP contribution in [0.15, 0.2) is 53.3 Å². The van der Waals surface area contributed by atoms with E-state index in [2.05, 4.69) is 17.0 Å². The lowest BCUT2D eigenvalue weighted by atomic mass is 10.2. The molecule has 0 aliphatic carbocycles. The van der Waals surface area contributed by atoms with Gasteiger partial charge >= 0.3 is 0 Å². The van der Waals surface area contributed by atoms with E-state index < -0.39 is 0 Å². The van der Waals surface area contributed by atoms with E-state index in [0.29, 0.717) is 12.2 Å². The van der Waals surface area contributed by atoms with Crippen LogP contribution < -0.4 is 0 Å². The molecule has 1 amide bonds. The van der Waals surface area contributed by atoms with Gasteiger partial charge in [-0.05, 0) is 31.0 Å². The Morgan fingerprint density at radius 1 is 1.08 bits per heavy atom. The number of nitrogens with zero attached hydrogens (tertiary/aromatic N) is 2. The molecule has 2 aromatic rings. The van der Waals surface area contributed by atoms with Crippen molar-refractivity contribution in [1.82, 2.24) is 9.80 Å². The van der Waals surface area contributed by atoms with E-state index in [1.54, 1.807) is 12.3 Å². The molecule has 1 aromatic carbocycles. The van der Waals surface area contributed by atoms with Gasteiger partial charge in [0.15, 0.2) is 0 Å². The molecule has 1 fully saturated rings. The third kappa shape index (κ3) is 5.44. The van der Waals surface area contributed by atoms with Gasteiger partial charge in [0, 0.05) is 32.8 Å². The summed E-state index contributed by atoms with van der Waals surface area (Å²) in [6.45, 7) is 6.00. The maximum Gasteiger partial charge on any atom is 0.257 e. The highest BCUT2D eigenvalue weighted by molar-refractivity contribution is 5.93. The molecule has 1 saturated heterocycles. The molecular weight excluding hydrogens is 316 g/mol. The lowest BCUT2D eigenvalue weighted by molar-refractivity contribution is 0.0758. The first-order valence-electron chi connectivity index (χ1n) is 8.98. The molecule has 0 bridgehead atoms. The van der Waals surface area contributed by atoms with Crippen LogP contribution in [0.25, 0.3) is 0 Å². The number of hydrogen-bond acceptors (Lipinski definition) is 4. The minimum Gasteiger partial charge on any atom is -0.472 e. The molecule has 0 saturated carbocycles. The number of amides is 1. The molecule has 0 unspecified atom stereocenters. The Labute approximate surface area is 149 Å². The van der Waals surface area contributed by atoms with Crippen LogP contribution in [-0.4, -0.2) is 55.0 Å². The Morgan fingerprint density at radius 3 is 2.76 bits per heavy atom. The van der Waals surface area contributed by atoms with Crippen molar-refractivity contribution in [3.05, 3.63) is 60.1 Å². The number of rotatable bonds is 7. The van der Waals surface area contributed by atoms with Gasteiger partial charge in [0.05, 0.1) is 18.4 Å². The standard InChI is InChI=1S/C20H26N2O3/c23-20(19-8-15-25-17-19)22-11-4-9-21(12-13-22)10-5-14-24-16-18-6-2-1-3-7-18/h1-3,6-8,15,17H,4-5,9-14,16H2. The summed E-state index contributed by atoms with van der Waals surface area (Å²) in [5, 5.41) is 0. The van der Waals surface area contributed by atoms with Crippen LogP contribution in [0.2, 0.25) is 0 Å². The molecule has 0 radical (unpaired) electrons. The van der Waals surface area contributed by atoms with Crippen LogP contribution in [0.5, 0.6) is 0 Å². The molecule has 3 rings (SSSR count). The maximum absolute atomic E-state index is 12.4. The van der Waals surface area contributed by atoms with Gasteiger partial charge in [-0.2, -0.15) is 0 Å². The first-order valence-corrected chi connectivity index (χ1v) is 8.98. The fourth-order valence-electron chi connectivity index (χ4n) is 3.12. The number of ether oxygens (including phenoxy) is 1. The number of carbonyl (C=O) groups is 1. The Morgan fingerprint density at radius 2 is 1.96 bits per heavy atom. The molecule has 5 heteroatoms. The summed E-state index contributed by atoms with van der Waals surface area (Å²) in [7, 11) is 0. The third-order valence-corrected chi connectivity index (χ3v) is 4.52. The summed E-state index contributed by atoms with van der Waals surface area (Å²) in [6.07, 6.45) is 5.10. The molecular formula is C20H26N2O3. The second-order valence-corrected chi connectivity index (χ2v) is 6.39. The van der Waals surface area contributed by atoms with E-state index in [9.17, 15) is 4.79 Å². The zero-order valence-corrected chi connectivity index (χ0v) is 14.6. The smallest absolute Gasteiger partial charge is 0.257 e. The third-order valence-electron chi connectivity index (χ3n) is 4.52. The molecule has 1 aliphatic rings. The van der Waals surface area contributed by atoms with Crippen molar-refractivity contribution in [1.29, 1.82) is 0 Å². The first-order chi connectivity index (χ1) is 12.3. The van der Waals surface area contributed by atoms with Gasteiger partial charge in [0.25, 0.3) is 5.91 Å². The quantitative estimate of drug-likeness (QED) is 0.726. The Bertz CT molecular complexity index is 628. The van der Waals surface area contributed by atoms with Crippen molar-refractivity contribution in [2.24, 2.45) is 0 Å². The van der Waals surface area contributed by atoms with Gasteiger partial charge in [-0.1, -0.05) is 30.3 Å². The van der Waals surface area contributed by atoms with Gasteiger partial charge in [0.2, 0.25) is 0 Å². The number of carbonyl (C=O) groups excluding carboxylic acids is 1. The summed E-state index contributed by atoms with van der Waals surface area (Å²) in [5.41, 5.74) is 1.86. The summed E-state index contributed by atoms with van der Waals surface area (Å²) in [6, 6.07) is 12.0. The van der Waals surface area contributed by atoms with Crippen LogP contribution in [0.3, 0.4) is 0 Å². The van der Waals surface area contributed by atoms with Crippen LogP contribution in [0.4, 0.5) is 0 Å². The summed E-state index contributed by atoms with van der Waals surface area (Å²) in [5.74, 6) is 0.0711.